The second-order valence-electron chi connectivity index (χ2n) is 6.47. The summed E-state index contributed by atoms with van der Waals surface area (Å²) in [6.07, 6.45) is 0. The number of benzene rings is 1. The van der Waals surface area contributed by atoms with Gasteiger partial charge in [-0.2, -0.15) is 0 Å². The van der Waals surface area contributed by atoms with Gasteiger partial charge in [-0.25, -0.2) is 0 Å². The van der Waals surface area contributed by atoms with Crippen LogP contribution in [0, 0.1) is 0 Å². The number of nitrogens with one attached hydrogen (secondary N) is 2. The minimum atomic E-state index is -0.151. The fraction of sp³-hybridized carbons (Fsp3) is 0.500. The van der Waals surface area contributed by atoms with E-state index in [1.165, 1.54) is 6.92 Å². The van der Waals surface area contributed by atoms with E-state index in [0.717, 1.165) is 10.6 Å². The highest BCUT2D eigenvalue weighted by atomic mass is 16.5. The first-order chi connectivity index (χ1) is 12.4. The molecule has 0 saturated carbocycles. The van der Waals surface area contributed by atoms with Gasteiger partial charge in [0.05, 0.1) is 14.2 Å². The standard InChI is InChI=1S/C18H26N4O4/c1-14(23)21-8-10-22(11-9-21)18(25)13-20(2)12-17(24)19-15-4-6-16(26-3)7-5-15/h4-7H,8-13H2,1-3H3,(H,19,24)/p+1. The lowest BCUT2D eigenvalue weighted by atomic mass is 10.3. The lowest BCUT2D eigenvalue weighted by Gasteiger charge is -2.34. The van der Waals surface area contributed by atoms with E-state index >= 15 is 0 Å². The van der Waals surface area contributed by atoms with E-state index in [0.29, 0.717) is 31.9 Å². The first-order valence-electron chi connectivity index (χ1n) is 8.67. The van der Waals surface area contributed by atoms with Crippen LogP contribution in [0.2, 0.25) is 0 Å². The van der Waals surface area contributed by atoms with Crippen molar-refractivity contribution >= 4 is 23.4 Å². The summed E-state index contributed by atoms with van der Waals surface area (Å²) in [4.78, 5) is 40.1. The van der Waals surface area contributed by atoms with Gasteiger partial charge in [0.25, 0.3) is 11.8 Å². The third-order valence-electron chi connectivity index (χ3n) is 4.37. The highest BCUT2D eigenvalue weighted by molar-refractivity contribution is 5.91. The Labute approximate surface area is 153 Å². The van der Waals surface area contributed by atoms with Crippen molar-refractivity contribution in [2.45, 2.75) is 6.92 Å². The van der Waals surface area contributed by atoms with Gasteiger partial charge in [0, 0.05) is 38.8 Å². The molecular weight excluding hydrogens is 336 g/mol. The molecule has 1 aliphatic rings. The number of ether oxygens (including phenoxy) is 1. The van der Waals surface area contributed by atoms with Crippen LogP contribution < -0.4 is 15.0 Å². The van der Waals surface area contributed by atoms with Crippen LogP contribution in [0.5, 0.6) is 5.75 Å². The quantitative estimate of drug-likeness (QED) is 0.668. The first kappa shape index (κ1) is 19.7. The fourth-order valence-corrected chi connectivity index (χ4v) is 2.86. The van der Waals surface area contributed by atoms with E-state index in [1.807, 2.05) is 7.05 Å². The van der Waals surface area contributed by atoms with Crippen molar-refractivity contribution in [3.05, 3.63) is 24.3 Å². The Balaban J connectivity index is 1.74. The Kier molecular flexibility index (Phi) is 6.97. The molecule has 1 saturated heterocycles. The van der Waals surface area contributed by atoms with Gasteiger partial charge in [-0.1, -0.05) is 0 Å². The Bertz CT molecular complexity index is 639. The van der Waals surface area contributed by atoms with Crippen molar-refractivity contribution < 1.29 is 24.0 Å². The van der Waals surface area contributed by atoms with E-state index in [1.54, 1.807) is 41.2 Å². The van der Waals surface area contributed by atoms with Gasteiger partial charge >= 0.3 is 0 Å². The number of methoxy groups -OCH3 is 1. The second kappa shape index (κ2) is 9.19. The SMILES string of the molecule is COc1ccc(NC(=O)C[NH+](C)CC(=O)N2CCN(C(C)=O)CC2)cc1. The molecule has 26 heavy (non-hydrogen) atoms. The number of piperazine rings is 1. The van der Waals surface area contributed by atoms with E-state index in [-0.39, 0.29) is 30.8 Å². The maximum absolute atomic E-state index is 12.4. The van der Waals surface area contributed by atoms with Crippen LogP contribution in [0.3, 0.4) is 0 Å². The zero-order chi connectivity index (χ0) is 19.1. The van der Waals surface area contributed by atoms with Crippen molar-refractivity contribution in [1.82, 2.24) is 9.80 Å². The number of quaternary nitrogens is 1. The third-order valence-corrected chi connectivity index (χ3v) is 4.37. The summed E-state index contributed by atoms with van der Waals surface area (Å²) in [6, 6.07) is 7.09. The van der Waals surface area contributed by atoms with E-state index in [4.69, 9.17) is 4.74 Å². The molecule has 1 aliphatic heterocycles. The molecule has 1 aromatic carbocycles. The van der Waals surface area contributed by atoms with Gasteiger partial charge in [0.15, 0.2) is 13.1 Å². The molecule has 1 heterocycles. The summed E-state index contributed by atoms with van der Waals surface area (Å²) in [5.74, 6) is 0.612. The minimum absolute atomic E-state index is 0.00273. The van der Waals surface area contributed by atoms with Gasteiger partial charge in [0.1, 0.15) is 5.75 Å². The van der Waals surface area contributed by atoms with Crippen LogP contribution in [0.25, 0.3) is 0 Å². The molecule has 1 atom stereocenters. The average Bonchev–Trinajstić information content (AvgIpc) is 2.62. The largest absolute Gasteiger partial charge is 0.497 e. The van der Waals surface area contributed by atoms with Gasteiger partial charge in [-0.3, -0.25) is 14.4 Å². The van der Waals surface area contributed by atoms with Crippen LogP contribution in [-0.4, -0.2) is 80.9 Å². The van der Waals surface area contributed by atoms with Gasteiger partial charge < -0.3 is 24.8 Å². The summed E-state index contributed by atoms with van der Waals surface area (Å²) in [7, 11) is 3.40. The lowest BCUT2D eigenvalue weighted by molar-refractivity contribution is -0.862. The molecular formula is C18H27N4O4+. The number of hydrogen-bond donors (Lipinski definition) is 2. The maximum Gasteiger partial charge on any atom is 0.279 e. The fourth-order valence-electron chi connectivity index (χ4n) is 2.86. The molecule has 1 unspecified atom stereocenters. The van der Waals surface area contributed by atoms with Gasteiger partial charge in [-0.05, 0) is 24.3 Å². The van der Waals surface area contributed by atoms with Gasteiger partial charge in [-0.15, -0.1) is 0 Å². The predicted molar refractivity (Wildman–Crippen MR) is 97.1 cm³/mol. The Hall–Kier alpha value is -2.61. The van der Waals surface area contributed by atoms with Crippen LogP contribution >= 0.6 is 0 Å². The summed E-state index contributed by atoms with van der Waals surface area (Å²) < 4.78 is 5.08. The first-order valence-corrected chi connectivity index (χ1v) is 8.67. The zero-order valence-electron chi connectivity index (χ0n) is 15.6. The molecule has 2 N–H and O–H groups in total. The number of likely N-dealkylation sites (N-methyl/N-ethyl adjacent to an activating group) is 1. The van der Waals surface area contributed by atoms with Crippen molar-refractivity contribution in [1.29, 1.82) is 0 Å². The molecule has 0 aliphatic carbocycles. The van der Waals surface area contributed by atoms with Crippen molar-refractivity contribution in [2.75, 3.05) is 58.7 Å². The predicted octanol–water partition coefficient (Wildman–Crippen LogP) is -1.16. The molecule has 2 rings (SSSR count). The monoisotopic (exact) mass is 363 g/mol. The smallest absolute Gasteiger partial charge is 0.279 e. The normalized spacial score (nSPS) is 15.3. The number of carbonyl (C=O) groups is 3. The van der Waals surface area contributed by atoms with Crippen molar-refractivity contribution in [3.63, 3.8) is 0 Å². The number of anilines is 1. The molecule has 0 radical (unpaired) electrons. The van der Waals surface area contributed by atoms with Crippen molar-refractivity contribution in [2.24, 2.45) is 0 Å². The zero-order valence-corrected chi connectivity index (χ0v) is 15.6. The molecule has 8 heteroatoms. The Morgan fingerprint density at radius 1 is 1.04 bits per heavy atom. The molecule has 1 fully saturated rings. The van der Waals surface area contributed by atoms with E-state index in [9.17, 15) is 14.4 Å². The van der Waals surface area contributed by atoms with Crippen LogP contribution in [0.1, 0.15) is 6.92 Å². The molecule has 142 valence electrons. The highest BCUT2D eigenvalue weighted by Crippen LogP contribution is 2.14. The van der Waals surface area contributed by atoms with E-state index in [2.05, 4.69) is 5.32 Å². The van der Waals surface area contributed by atoms with Gasteiger partial charge in [0.2, 0.25) is 5.91 Å². The molecule has 3 amide bonds. The van der Waals surface area contributed by atoms with Crippen molar-refractivity contribution in [3.8, 4) is 5.75 Å². The average molecular weight is 363 g/mol. The maximum atomic E-state index is 12.4. The molecule has 1 aromatic rings. The summed E-state index contributed by atoms with van der Waals surface area (Å²) in [6.45, 7) is 4.21. The van der Waals surface area contributed by atoms with Crippen LogP contribution in [0.15, 0.2) is 24.3 Å². The molecule has 0 aromatic heterocycles. The van der Waals surface area contributed by atoms with Crippen LogP contribution in [0.4, 0.5) is 5.69 Å². The molecule has 8 nitrogen and oxygen atoms in total. The highest BCUT2D eigenvalue weighted by Gasteiger charge is 2.24. The second-order valence-corrected chi connectivity index (χ2v) is 6.47. The minimum Gasteiger partial charge on any atom is -0.497 e. The van der Waals surface area contributed by atoms with Crippen LogP contribution in [-0.2, 0) is 14.4 Å². The topological polar surface area (TPSA) is 83.4 Å². The third kappa shape index (κ3) is 5.73. The van der Waals surface area contributed by atoms with E-state index < -0.39 is 0 Å². The Morgan fingerprint density at radius 2 is 1.62 bits per heavy atom. The summed E-state index contributed by atoms with van der Waals surface area (Å²) in [5, 5.41) is 2.81. The number of hydrogen-bond acceptors (Lipinski definition) is 4. The Morgan fingerprint density at radius 3 is 2.15 bits per heavy atom. The molecule has 0 bridgehead atoms. The number of nitrogens with zero attached hydrogens (tertiary/aromatic N) is 2. The molecule has 0 spiro atoms. The number of carbonyl (C=O) groups excluding carboxylic acids is 3. The number of rotatable bonds is 6. The number of amides is 3. The summed E-state index contributed by atoms with van der Waals surface area (Å²) >= 11 is 0. The summed E-state index contributed by atoms with van der Waals surface area (Å²) in [5.41, 5.74) is 0.690. The lowest BCUT2D eigenvalue weighted by Crippen LogP contribution is -3.11.